The second-order valence-electron chi connectivity index (χ2n) is 0. The van der Waals surface area contributed by atoms with Crippen LogP contribution >= 0.6 is 0 Å². The maximum atomic E-state index is 0. The van der Waals surface area contributed by atoms with Gasteiger partial charge in [0.25, 0.3) is 0 Å². The number of hydrogen-bond acceptors (Lipinski definition) is 0. The Kier molecular flexibility index (Phi) is 479. The molecule has 0 N–H and O–H groups in total. The van der Waals surface area contributed by atoms with Crippen molar-refractivity contribution in [3.8, 4) is 0 Å². The van der Waals surface area contributed by atoms with Gasteiger partial charge in [0.15, 0.2) is 0 Å². The van der Waals surface area contributed by atoms with Crippen molar-refractivity contribution in [1.29, 1.82) is 0 Å². The van der Waals surface area contributed by atoms with Crippen LogP contribution in [0.2, 0.25) is 0 Å². The SMILES string of the molecule is [Cl-].[Cl-].[Cl-].[Cu+2].[Li+]. The minimum atomic E-state index is 0. The summed E-state index contributed by atoms with van der Waals surface area (Å²) in [5.41, 5.74) is 0. The summed E-state index contributed by atoms with van der Waals surface area (Å²) in [5.74, 6) is 0. The van der Waals surface area contributed by atoms with Gasteiger partial charge in [0.1, 0.15) is 0 Å². The van der Waals surface area contributed by atoms with Gasteiger partial charge in [-0.3, -0.25) is 0 Å². The molecule has 0 aliphatic heterocycles. The fourth-order valence-corrected chi connectivity index (χ4v) is 0. The molecule has 5 heavy (non-hydrogen) atoms. The van der Waals surface area contributed by atoms with Gasteiger partial charge in [-0.15, -0.1) is 0 Å². The maximum absolute atomic E-state index is 0. The van der Waals surface area contributed by atoms with Crippen molar-refractivity contribution in [2.75, 3.05) is 0 Å². The summed E-state index contributed by atoms with van der Waals surface area (Å²) in [5, 5.41) is 0. The second-order valence-corrected chi connectivity index (χ2v) is 0. The molecule has 0 aromatic carbocycles. The fraction of sp³-hybridized carbons (Fsp3) is 0. The van der Waals surface area contributed by atoms with Crippen molar-refractivity contribution >= 4 is 0 Å². The average molecular weight is 177 g/mol. The van der Waals surface area contributed by atoms with E-state index in [1.165, 1.54) is 0 Å². The van der Waals surface area contributed by atoms with E-state index in [1.807, 2.05) is 0 Å². The van der Waals surface area contributed by atoms with E-state index in [4.69, 9.17) is 0 Å². The molecule has 0 saturated carbocycles. The normalized spacial score (nSPS) is 0. The van der Waals surface area contributed by atoms with Crippen LogP contribution < -0.4 is 56.1 Å². The van der Waals surface area contributed by atoms with Crippen molar-refractivity contribution < 1.29 is 73.2 Å². The third-order valence-electron chi connectivity index (χ3n) is 0. The zero-order valence-corrected chi connectivity index (χ0v) is 5.64. The van der Waals surface area contributed by atoms with Crippen LogP contribution in [-0.4, -0.2) is 0 Å². The minimum Gasteiger partial charge on any atom is -1.00 e. The molecule has 0 bridgehead atoms. The molecule has 0 aliphatic carbocycles. The van der Waals surface area contributed by atoms with Gasteiger partial charge in [-0.2, -0.15) is 0 Å². The summed E-state index contributed by atoms with van der Waals surface area (Å²) in [7, 11) is 0. The van der Waals surface area contributed by atoms with Crippen molar-refractivity contribution in [2.45, 2.75) is 0 Å². The molecule has 0 amide bonds. The van der Waals surface area contributed by atoms with Crippen molar-refractivity contribution in [3.63, 3.8) is 0 Å². The molecule has 0 rings (SSSR count). The third kappa shape index (κ3) is 24.1. The van der Waals surface area contributed by atoms with E-state index in [1.54, 1.807) is 0 Å². The molecule has 33 valence electrons. The van der Waals surface area contributed by atoms with E-state index in [0.29, 0.717) is 0 Å². The first kappa shape index (κ1) is 63.4. The Hall–Kier alpha value is 1.99. The van der Waals surface area contributed by atoms with Crippen LogP contribution in [-0.2, 0) is 17.1 Å². The molecule has 0 heterocycles. The molecule has 0 saturated heterocycles. The molecule has 0 nitrogen and oxygen atoms in total. The van der Waals surface area contributed by atoms with Gasteiger partial charge in [0.05, 0.1) is 0 Å². The monoisotopic (exact) mass is 175 g/mol. The predicted octanol–water partition coefficient (Wildman–Crippen LogP) is -12.0. The van der Waals surface area contributed by atoms with Crippen molar-refractivity contribution in [3.05, 3.63) is 0 Å². The number of rotatable bonds is 0. The molecule has 5 heteroatoms. The smallest absolute Gasteiger partial charge is 1.00 e. The zero-order valence-electron chi connectivity index (χ0n) is 2.44. The summed E-state index contributed by atoms with van der Waals surface area (Å²) >= 11 is 0. The van der Waals surface area contributed by atoms with E-state index >= 15 is 0 Å². The van der Waals surface area contributed by atoms with Crippen LogP contribution in [0, 0.1) is 0 Å². The molecule has 1 radical (unpaired) electrons. The van der Waals surface area contributed by atoms with Gasteiger partial charge < -0.3 is 37.2 Å². The van der Waals surface area contributed by atoms with Gasteiger partial charge in [0.2, 0.25) is 0 Å². The van der Waals surface area contributed by atoms with Crippen molar-refractivity contribution in [1.82, 2.24) is 0 Å². The Labute approximate surface area is 72.7 Å². The molecule has 0 atom stereocenters. The Balaban J connectivity index is 0. The summed E-state index contributed by atoms with van der Waals surface area (Å²) in [6.07, 6.45) is 0. The van der Waals surface area contributed by atoms with Crippen LogP contribution in [0.25, 0.3) is 0 Å². The van der Waals surface area contributed by atoms with Gasteiger partial charge in [0, 0.05) is 0 Å². The van der Waals surface area contributed by atoms with E-state index in [2.05, 4.69) is 0 Å². The van der Waals surface area contributed by atoms with Gasteiger partial charge in [-0.1, -0.05) is 0 Å². The Bertz CT molecular complexity index is 6.85. The molecule has 0 aromatic rings. The predicted molar refractivity (Wildman–Crippen MR) is 0 cm³/mol. The Morgan fingerprint density at radius 3 is 0.600 bits per heavy atom. The summed E-state index contributed by atoms with van der Waals surface area (Å²) in [6.45, 7) is 0. The maximum Gasteiger partial charge on any atom is 2.00 e. The largest absolute Gasteiger partial charge is 2.00 e. The summed E-state index contributed by atoms with van der Waals surface area (Å²) < 4.78 is 0. The van der Waals surface area contributed by atoms with E-state index in [9.17, 15) is 0 Å². The van der Waals surface area contributed by atoms with Gasteiger partial charge in [-0.05, 0) is 0 Å². The van der Waals surface area contributed by atoms with Crippen molar-refractivity contribution in [2.24, 2.45) is 0 Å². The molecule has 0 unspecified atom stereocenters. The van der Waals surface area contributed by atoms with Crippen LogP contribution in [0.3, 0.4) is 0 Å². The first-order valence-corrected chi connectivity index (χ1v) is 0. The topological polar surface area (TPSA) is 0 Å². The van der Waals surface area contributed by atoms with Crippen LogP contribution in [0.1, 0.15) is 0 Å². The molecule has 0 spiro atoms. The summed E-state index contributed by atoms with van der Waals surface area (Å²) in [6, 6.07) is 0. The molecular formula is Cl3CuLi. The standard InChI is InChI=1S/3ClH.Cu.Li/h3*1H;;/q;;;+2;+1/p-3. The first-order chi connectivity index (χ1) is 0. The Morgan fingerprint density at radius 1 is 0.600 bits per heavy atom. The van der Waals surface area contributed by atoms with E-state index in [-0.39, 0.29) is 73.2 Å². The summed E-state index contributed by atoms with van der Waals surface area (Å²) in [4.78, 5) is 0. The van der Waals surface area contributed by atoms with Crippen LogP contribution in [0.4, 0.5) is 0 Å². The number of hydrogen-bond donors (Lipinski definition) is 0. The van der Waals surface area contributed by atoms with E-state index in [0.717, 1.165) is 0 Å². The molecule has 0 aromatic heterocycles. The zero-order chi connectivity index (χ0) is 0. The average Bonchev–Trinajstić information content (AvgIpc) is 0. The van der Waals surface area contributed by atoms with Crippen LogP contribution in [0.15, 0.2) is 0 Å². The van der Waals surface area contributed by atoms with E-state index < -0.39 is 0 Å². The molecule has 0 fully saturated rings. The second kappa shape index (κ2) is 37.7. The number of halogens is 3. The first-order valence-electron chi connectivity index (χ1n) is 0. The van der Waals surface area contributed by atoms with Crippen LogP contribution in [0.5, 0.6) is 0 Å². The van der Waals surface area contributed by atoms with Gasteiger partial charge in [-0.25, -0.2) is 0 Å². The fourth-order valence-electron chi connectivity index (χ4n) is 0. The third-order valence-corrected chi connectivity index (χ3v) is 0. The quantitative estimate of drug-likeness (QED) is 0.322. The van der Waals surface area contributed by atoms with Gasteiger partial charge >= 0.3 is 35.9 Å². The molecular weight excluding hydrogens is 177 g/mol. The molecule has 0 aliphatic rings. The Morgan fingerprint density at radius 2 is 0.600 bits per heavy atom. The minimum absolute atomic E-state index is 0.